The molecule has 1 N–H and O–H groups in total. The number of rotatable bonds is 2. The molecule has 0 fully saturated rings. The first-order chi connectivity index (χ1) is 7.31. The quantitative estimate of drug-likeness (QED) is 0.783. The summed E-state index contributed by atoms with van der Waals surface area (Å²) in [5.74, 6) is 0. The molecule has 1 aromatic carbocycles. The zero-order valence-electron chi connectivity index (χ0n) is 7.92. The molecule has 0 aliphatic heterocycles. The number of hydrogen-bond acceptors (Lipinski definition) is 3. The lowest BCUT2D eigenvalue weighted by atomic mass is 10.1. The molecule has 0 radical (unpaired) electrons. The highest BCUT2D eigenvalue weighted by Crippen LogP contribution is 2.25. The Labute approximate surface area is 92.0 Å². The van der Waals surface area contributed by atoms with Gasteiger partial charge in [-0.05, 0) is 22.6 Å². The smallest absolute Gasteiger partial charge is 0.165 e. The Morgan fingerprint density at radius 1 is 1.20 bits per heavy atom. The Morgan fingerprint density at radius 3 is 2.47 bits per heavy atom. The van der Waals surface area contributed by atoms with E-state index in [1.807, 2.05) is 29.6 Å². The van der Waals surface area contributed by atoms with Crippen molar-refractivity contribution in [1.82, 2.24) is 0 Å². The van der Waals surface area contributed by atoms with Crippen LogP contribution in [-0.4, -0.2) is 5.11 Å². The van der Waals surface area contributed by atoms with Crippen LogP contribution in [0.25, 0.3) is 10.4 Å². The lowest BCUT2D eigenvalue weighted by Crippen LogP contribution is -1.92. The minimum Gasteiger partial charge on any atom is -0.374 e. The van der Waals surface area contributed by atoms with Crippen molar-refractivity contribution in [3.05, 3.63) is 47.3 Å². The van der Waals surface area contributed by atoms with E-state index in [2.05, 4.69) is 0 Å². The fourth-order valence-electron chi connectivity index (χ4n) is 1.35. The number of aliphatic hydroxyl groups excluding tert-OH is 1. The van der Waals surface area contributed by atoms with Crippen molar-refractivity contribution >= 4 is 11.3 Å². The van der Waals surface area contributed by atoms with Gasteiger partial charge in [-0.25, -0.2) is 0 Å². The van der Waals surface area contributed by atoms with Gasteiger partial charge in [0.05, 0.1) is 6.07 Å². The highest BCUT2D eigenvalue weighted by atomic mass is 32.1. The SMILES string of the molecule is N#CC(O)c1ccc(-c2cccs2)cc1. The molecule has 1 aromatic heterocycles. The van der Waals surface area contributed by atoms with E-state index < -0.39 is 6.10 Å². The van der Waals surface area contributed by atoms with E-state index in [-0.39, 0.29) is 0 Å². The molecule has 2 aromatic rings. The predicted molar refractivity (Wildman–Crippen MR) is 60.3 cm³/mol. The summed E-state index contributed by atoms with van der Waals surface area (Å²) in [4.78, 5) is 1.19. The van der Waals surface area contributed by atoms with E-state index in [0.717, 1.165) is 5.56 Å². The number of nitrogens with zero attached hydrogens (tertiary/aromatic N) is 1. The molecule has 0 saturated heterocycles. The van der Waals surface area contributed by atoms with Crippen LogP contribution in [0.5, 0.6) is 0 Å². The van der Waals surface area contributed by atoms with Gasteiger partial charge >= 0.3 is 0 Å². The van der Waals surface area contributed by atoms with Crippen LogP contribution in [0.3, 0.4) is 0 Å². The minimum atomic E-state index is -1.03. The Morgan fingerprint density at radius 2 is 1.93 bits per heavy atom. The molecule has 3 heteroatoms. The Bertz CT molecular complexity index is 467. The van der Waals surface area contributed by atoms with E-state index in [1.165, 1.54) is 4.88 Å². The van der Waals surface area contributed by atoms with Crippen molar-refractivity contribution < 1.29 is 5.11 Å². The first-order valence-corrected chi connectivity index (χ1v) is 5.41. The van der Waals surface area contributed by atoms with E-state index >= 15 is 0 Å². The van der Waals surface area contributed by atoms with Gasteiger partial charge in [0.15, 0.2) is 6.10 Å². The third-order valence-corrected chi connectivity index (χ3v) is 3.07. The van der Waals surface area contributed by atoms with E-state index in [4.69, 9.17) is 5.26 Å². The summed E-state index contributed by atoms with van der Waals surface area (Å²) in [5, 5.41) is 19.9. The normalized spacial score (nSPS) is 12.0. The van der Waals surface area contributed by atoms with Gasteiger partial charge in [-0.1, -0.05) is 30.3 Å². The van der Waals surface area contributed by atoms with Crippen LogP contribution in [0.15, 0.2) is 41.8 Å². The standard InChI is InChI=1S/C12H9NOS/c13-8-11(14)9-3-5-10(6-4-9)12-2-1-7-15-12/h1-7,11,14H. The zero-order valence-corrected chi connectivity index (χ0v) is 8.74. The second-order valence-corrected chi connectivity index (χ2v) is 4.08. The third-order valence-electron chi connectivity index (χ3n) is 2.15. The number of benzene rings is 1. The van der Waals surface area contributed by atoms with Crippen LogP contribution in [0.2, 0.25) is 0 Å². The van der Waals surface area contributed by atoms with Gasteiger partial charge in [0, 0.05) is 4.88 Å². The van der Waals surface area contributed by atoms with Crippen LogP contribution < -0.4 is 0 Å². The van der Waals surface area contributed by atoms with E-state index in [1.54, 1.807) is 29.5 Å². The fourth-order valence-corrected chi connectivity index (χ4v) is 2.08. The minimum absolute atomic E-state index is 0.637. The lowest BCUT2D eigenvalue weighted by Gasteiger charge is -2.03. The van der Waals surface area contributed by atoms with Gasteiger partial charge in [0.1, 0.15) is 0 Å². The van der Waals surface area contributed by atoms with Crippen LogP contribution in [0.4, 0.5) is 0 Å². The first kappa shape index (κ1) is 9.91. The summed E-state index contributed by atoms with van der Waals surface area (Å²) in [6, 6.07) is 13.2. The molecule has 1 heterocycles. The first-order valence-electron chi connectivity index (χ1n) is 4.53. The van der Waals surface area contributed by atoms with Crippen molar-refractivity contribution in [2.75, 3.05) is 0 Å². The second kappa shape index (κ2) is 4.26. The molecule has 2 rings (SSSR count). The Balaban J connectivity index is 2.30. The molecule has 0 spiro atoms. The summed E-state index contributed by atoms with van der Waals surface area (Å²) in [5.41, 5.74) is 1.75. The summed E-state index contributed by atoms with van der Waals surface area (Å²) in [6.07, 6.45) is -1.03. The molecule has 2 nitrogen and oxygen atoms in total. The fraction of sp³-hybridized carbons (Fsp3) is 0.0833. The Hall–Kier alpha value is -1.63. The van der Waals surface area contributed by atoms with Gasteiger partial charge in [-0.3, -0.25) is 0 Å². The maximum Gasteiger partial charge on any atom is 0.165 e. The molecule has 1 atom stereocenters. The molecule has 0 amide bonds. The Kier molecular flexibility index (Phi) is 2.82. The van der Waals surface area contributed by atoms with Crippen molar-refractivity contribution in [2.45, 2.75) is 6.10 Å². The van der Waals surface area contributed by atoms with E-state index in [9.17, 15) is 5.11 Å². The number of hydrogen-bond donors (Lipinski definition) is 1. The van der Waals surface area contributed by atoms with Gasteiger partial charge in [0.25, 0.3) is 0 Å². The zero-order chi connectivity index (χ0) is 10.7. The maximum absolute atomic E-state index is 9.29. The monoisotopic (exact) mass is 215 g/mol. The predicted octanol–water partition coefficient (Wildman–Crippen LogP) is 2.97. The highest BCUT2D eigenvalue weighted by molar-refractivity contribution is 7.13. The van der Waals surface area contributed by atoms with E-state index in [0.29, 0.717) is 5.56 Å². The summed E-state index contributed by atoms with van der Waals surface area (Å²) < 4.78 is 0. The number of aliphatic hydroxyl groups is 1. The molecule has 0 bridgehead atoms. The molecule has 0 aliphatic rings. The van der Waals surface area contributed by atoms with Crippen molar-refractivity contribution in [3.63, 3.8) is 0 Å². The van der Waals surface area contributed by atoms with Crippen LogP contribution >= 0.6 is 11.3 Å². The maximum atomic E-state index is 9.29. The van der Waals surface area contributed by atoms with Crippen LogP contribution in [0, 0.1) is 11.3 Å². The summed E-state index contributed by atoms with van der Waals surface area (Å²) in [6.45, 7) is 0. The molecule has 15 heavy (non-hydrogen) atoms. The van der Waals surface area contributed by atoms with Crippen LogP contribution in [0.1, 0.15) is 11.7 Å². The van der Waals surface area contributed by atoms with Gasteiger partial charge < -0.3 is 5.11 Å². The second-order valence-electron chi connectivity index (χ2n) is 3.13. The average molecular weight is 215 g/mol. The highest BCUT2D eigenvalue weighted by Gasteiger charge is 2.05. The molecule has 74 valence electrons. The van der Waals surface area contributed by atoms with Gasteiger partial charge in [-0.2, -0.15) is 5.26 Å². The summed E-state index contributed by atoms with van der Waals surface area (Å²) in [7, 11) is 0. The topological polar surface area (TPSA) is 44.0 Å². The number of nitriles is 1. The van der Waals surface area contributed by atoms with Gasteiger partial charge in [-0.15, -0.1) is 11.3 Å². The average Bonchev–Trinajstić information content (AvgIpc) is 2.82. The van der Waals surface area contributed by atoms with Crippen molar-refractivity contribution in [1.29, 1.82) is 5.26 Å². The molecule has 1 unspecified atom stereocenters. The largest absolute Gasteiger partial charge is 0.374 e. The third kappa shape index (κ3) is 2.07. The molecule has 0 saturated carbocycles. The van der Waals surface area contributed by atoms with Gasteiger partial charge in [0.2, 0.25) is 0 Å². The molecular formula is C12H9NOS. The molecular weight excluding hydrogens is 206 g/mol. The lowest BCUT2D eigenvalue weighted by molar-refractivity contribution is 0.236. The number of thiophene rings is 1. The van der Waals surface area contributed by atoms with Crippen molar-refractivity contribution in [3.8, 4) is 16.5 Å². The molecule has 0 aliphatic carbocycles. The van der Waals surface area contributed by atoms with Crippen molar-refractivity contribution in [2.24, 2.45) is 0 Å². The summed E-state index contributed by atoms with van der Waals surface area (Å²) >= 11 is 1.67. The van der Waals surface area contributed by atoms with Crippen LogP contribution in [-0.2, 0) is 0 Å².